The highest BCUT2D eigenvalue weighted by atomic mass is 15.0. The Kier molecular flexibility index (Phi) is 6.67. The fourth-order valence-corrected chi connectivity index (χ4v) is 8.05. The Morgan fingerprint density at radius 1 is 0.380 bits per heavy atom. The van der Waals surface area contributed by atoms with Crippen molar-refractivity contribution < 1.29 is 0 Å². The Bertz CT molecular complexity index is 2810. The molecule has 2 nitrogen and oxygen atoms in total. The van der Waals surface area contributed by atoms with Crippen molar-refractivity contribution in [1.29, 1.82) is 0 Å². The second kappa shape index (κ2) is 11.6. The van der Waals surface area contributed by atoms with E-state index in [1.54, 1.807) is 0 Å². The lowest BCUT2D eigenvalue weighted by atomic mass is 9.98. The lowest BCUT2D eigenvalue weighted by Gasteiger charge is -2.14. The van der Waals surface area contributed by atoms with Gasteiger partial charge in [-0.3, -0.25) is 0 Å². The number of nitrogens with zero attached hydrogens (tertiary/aromatic N) is 2. The second-order valence-corrected chi connectivity index (χ2v) is 13.2. The molecule has 1 aliphatic carbocycles. The number of hydrogen-bond donors (Lipinski definition) is 0. The van der Waals surface area contributed by atoms with Crippen LogP contribution < -0.4 is 0 Å². The van der Waals surface area contributed by atoms with E-state index in [4.69, 9.17) is 0 Å². The van der Waals surface area contributed by atoms with Crippen molar-refractivity contribution in [3.05, 3.63) is 188 Å². The minimum atomic E-state index is 1.09. The summed E-state index contributed by atoms with van der Waals surface area (Å²) in [5, 5.41) is 5.03. The molecule has 0 N–H and O–H groups in total. The van der Waals surface area contributed by atoms with Gasteiger partial charge < -0.3 is 9.13 Å². The molecular weight excluding hydrogens is 605 g/mol. The Morgan fingerprint density at radius 3 is 1.80 bits per heavy atom. The normalized spacial score (nSPS) is 13.1. The third-order valence-electron chi connectivity index (χ3n) is 10.3. The number of rotatable bonds is 5. The highest BCUT2D eigenvalue weighted by Crippen LogP contribution is 2.41. The molecule has 1 aliphatic rings. The zero-order valence-electron chi connectivity index (χ0n) is 27.6. The summed E-state index contributed by atoms with van der Waals surface area (Å²) in [5.41, 5.74) is 14.6. The van der Waals surface area contributed by atoms with Crippen LogP contribution in [0.5, 0.6) is 0 Å². The average molecular weight is 639 g/mol. The molecule has 10 rings (SSSR count). The summed E-state index contributed by atoms with van der Waals surface area (Å²) in [5.74, 6) is 0. The van der Waals surface area contributed by atoms with Crippen LogP contribution in [0.4, 0.5) is 0 Å². The van der Waals surface area contributed by atoms with E-state index in [0.29, 0.717) is 0 Å². The summed E-state index contributed by atoms with van der Waals surface area (Å²) in [6.07, 6.45) is 9.12. The molecule has 0 aliphatic heterocycles. The molecule has 50 heavy (non-hydrogen) atoms. The van der Waals surface area contributed by atoms with E-state index >= 15 is 0 Å². The van der Waals surface area contributed by atoms with Gasteiger partial charge in [-0.25, -0.2) is 0 Å². The van der Waals surface area contributed by atoms with E-state index in [2.05, 4.69) is 191 Å². The molecule has 2 heteroatoms. The summed E-state index contributed by atoms with van der Waals surface area (Å²) >= 11 is 0. The molecule has 236 valence electrons. The lowest BCUT2D eigenvalue weighted by molar-refractivity contribution is 1.04. The SMILES string of the molecule is C1=CC(c2cccc(-n3c4ccccc4c4cccc(-c5ccc6c(c5)c5ccccc5n6-c5cccc(-c6ccccc6)c5)c43)c2)=CCC1. The molecule has 0 spiro atoms. The van der Waals surface area contributed by atoms with Gasteiger partial charge in [0.15, 0.2) is 0 Å². The van der Waals surface area contributed by atoms with Crippen molar-refractivity contribution in [2.24, 2.45) is 0 Å². The summed E-state index contributed by atoms with van der Waals surface area (Å²) in [6, 6.07) is 60.0. The highest BCUT2D eigenvalue weighted by molar-refractivity contribution is 6.15. The maximum atomic E-state index is 2.47. The van der Waals surface area contributed by atoms with Crippen LogP contribution in [0, 0.1) is 0 Å². The van der Waals surface area contributed by atoms with Crippen LogP contribution in [-0.2, 0) is 0 Å². The summed E-state index contributed by atoms with van der Waals surface area (Å²) in [4.78, 5) is 0. The standard InChI is InChI=1S/C48H34N2/c1-3-14-33(15-4-1)35-18-11-20-38(30-35)49-45-26-9-8-23-42(45)44-32-37(28-29-47(44)49)40-24-13-25-43-41-22-7-10-27-46(41)50(48(40)43)39-21-12-19-36(31-39)34-16-5-2-6-17-34/h1,3-5,7-32H,2,6H2. The van der Waals surface area contributed by atoms with Gasteiger partial charge in [0.1, 0.15) is 0 Å². The van der Waals surface area contributed by atoms with E-state index in [9.17, 15) is 0 Å². The summed E-state index contributed by atoms with van der Waals surface area (Å²) in [6.45, 7) is 0. The zero-order valence-corrected chi connectivity index (χ0v) is 27.6. The van der Waals surface area contributed by atoms with Crippen molar-refractivity contribution in [3.63, 3.8) is 0 Å². The maximum absolute atomic E-state index is 2.47. The van der Waals surface area contributed by atoms with Crippen LogP contribution in [0.2, 0.25) is 0 Å². The first-order valence-electron chi connectivity index (χ1n) is 17.5. The number of para-hydroxylation sites is 3. The number of aromatic nitrogens is 2. The van der Waals surface area contributed by atoms with Crippen LogP contribution in [-0.4, -0.2) is 9.13 Å². The number of benzene rings is 7. The third-order valence-corrected chi connectivity index (χ3v) is 10.3. The minimum Gasteiger partial charge on any atom is -0.309 e. The molecule has 0 saturated heterocycles. The Balaban J connectivity index is 1.19. The fourth-order valence-electron chi connectivity index (χ4n) is 8.05. The first-order valence-corrected chi connectivity index (χ1v) is 17.5. The predicted molar refractivity (Wildman–Crippen MR) is 212 cm³/mol. The molecule has 0 amide bonds. The average Bonchev–Trinajstić information content (AvgIpc) is 3.71. The van der Waals surface area contributed by atoms with Gasteiger partial charge >= 0.3 is 0 Å². The quantitative estimate of drug-likeness (QED) is 0.178. The third kappa shape index (κ3) is 4.57. The zero-order chi connectivity index (χ0) is 33.0. The van der Waals surface area contributed by atoms with Crippen LogP contribution in [0.25, 0.3) is 82.8 Å². The smallest absolute Gasteiger partial charge is 0.0619 e. The molecule has 0 fully saturated rings. The molecule has 7 aromatic carbocycles. The first-order chi connectivity index (χ1) is 24.8. The van der Waals surface area contributed by atoms with Crippen LogP contribution >= 0.6 is 0 Å². The lowest BCUT2D eigenvalue weighted by Crippen LogP contribution is -1.97. The van der Waals surface area contributed by atoms with Crippen LogP contribution in [0.1, 0.15) is 18.4 Å². The largest absolute Gasteiger partial charge is 0.309 e. The van der Waals surface area contributed by atoms with Gasteiger partial charge in [-0.2, -0.15) is 0 Å². The fraction of sp³-hybridized carbons (Fsp3) is 0.0417. The molecule has 0 atom stereocenters. The Morgan fingerprint density at radius 2 is 1.00 bits per heavy atom. The van der Waals surface area contributed by atoms with E-state index in [-0.39, 0.29) is 0 Å². The first kappa shape index (κ1) is 28.6. The molecule has 2 aromatic heterocycles. The van der Waals surface area contributed by atoms with Crippen molar-refractivity contribution in [1.82, 2.24) is 9.13 Å². The molecular formula is C48H34N2. The molecule has 9 aromatic rings. The van der Waals surface area contributed by atoms with Crippen LogP contribution in [0.15, 0.2) is 182 Å². The van der Waals surface area contributed by atoms with E-state index in [0.717, 1.165) is 18.5 Å². The van der Waals surface area contributed by atoms with Gasteiger partial charge in [-0.15, -0.1) is 0 Å². The molecule has 0 bridgehead atoms. The maximum Gasteiger partial charge on any atom is 0.0619 e. The van der Waals surface area contributed by atoms with Crippen molar-refractivity contribution in [3.8, 4) is 33.6 Å². The Labute approximate surface area is 291 Å². The monoisotopic (exact) mass is 638 g/mol. The number of fused-ring (bicyclic) bond motifs is 6. The van der Waals surface area contributed by atoms with E-state index < -0.39 is 0 Å². The van der Waals surface area contributed by atoms with Gasteiger partial charge in [0.25, 0.3) is 0 Å². The predicted octanol–water partition coefficient (Wildman–Crippen LogP) is 12.9. The molecule has 0 radical (unpaired) electrons. The topological polar surface area (TPSA) is 9.86 Å². The van der Waals surface area contributed by atoms with Gasteiger partial charge in [0, 0.05) is 38.5 Å². The van der Waals surface area contributed by atoms with Crippen molar-refractivity contribution >= 4 is 49.2 Å². The number of allylic oxidation sites excluding steroid dienone is 4. The molecule has 2 heterocycles. The van der Waals surface area contributed by atoms with Crippen molar-refractivity contribution in [2.75, 3.05) is 0 Å². The van der Waals surface area contributed by atoms with Gasteiger partial charge in [-0.05, 0) is 89.2 Å². The number of hydrogen-bond acceptors (Lipinski definition) is 0. The minimum absolute atomic E-state index is 1.09. The second-order valence-electron chi connectivity index (χ2n) is 13.2. The van der Waals surface area contributed by atoms with Gasteiger partial charge in [-0.1, -0.05) is 133 Å². The van der Waals surface area contributed by atoms with E-state index in [1.807, 2.05) is 0 Å². The highest BCUT2D eigenvalue weighted by Gasteiger charge is 2.19. The Hall–Kier alpha value is -6.38. The van der Waals surface area contributed by atoms with Gasteiger partial charge in [0.2, 0.25) is 0 Å². The van der Waals surface area contributed by atoms with Gasteiger partial charge in [0.05, 0.1) is 22.1 Å². The van der Waals surface area contributed by atoms with E-state index in [1.165, 1.54) is 82.7 Å². The summed E-state index contributed by atoms with van der Waals surface area (Å²) < 4.78 is 4.89. The molecule has 0 unspecified atom stereocenters. The van der Waals surface area contributed by atoms with Crippen molar-refractivity contribution in [2.45, 2.75) is 12.8 Å². The summed E-state index contributed by atoms with van der Waals surface area (Å²) in [7, 11) is 0. The van der Waals surface area contributed by atoms with Crippen LogP contribution in [0.3, 0.4) is 0 Å². The molecule has 0 saturated carbocycles.